The van der Waals surface area contributed by atoms with Gasteiger partial charge in [0.25, 0.3) is 0 Å². The highest BCUT2D eigenvalue weighted by atomic mass is 16.5. The molecule has 7 heteroatoms. The Kier molecular flexibility index (Phi) is 5.09. The average molecular weight is 362 g/mol. The molecule has 0 bridgehead atoms. The molecule has 4 rings (SSSR count). The van der Waals surface area contributed by atoms with E-state index >= 15 is 0 Å². The average Bonchev–Trinajstić information content (AvgIpc) is 2.75. The largest absolute Gasteiger partial charge is 0.494 e. The van der Waals surface area contributed by atoms with Gasteiger partial charge in [0.1, 0.15) is 5.75 Å². The van der Waals surface area contributed by atoms with Crippen LogP contribution >= 0.6 is 0 Å². The van der Waals surface area contributed by atoms with Crippen molar-refractivity contribution in [1.82, 2.24) is 20.2 Å². The number of hydrogen-bond acceptors (Lipinski definition) is 7. The summed E-state index contributed by atoms with van der Waals surface area (Å²) in [6.45, 7) is 6.12. The third kappa shape index (κ3) is 3.97. The lowest BCUT2D eigenvalue weighted by Crippen LogP contribution is -2.47. The second-order valence-corrected chi connectivity index (χ2v) is 6.26. The number of piperazine rings is 1. The maximum absolute atomic E-state index is 5.48. The minimum Gasteiger partial charge on any atom is -0.494 e. The quantitative estimate of drug-likeness (QED) is 0.691. The Morgan fingerprint density at radius 2 is 1.56 bits per heavy atom. The van der Waals surface area contributed by atoms with Crippen molar-refractivity contribution >= 4 is 11.8 Å². The fraction of sp³-hybridized carbons (Fsp3) is 0.300. The van der Waals surface area contributed by atoms with E-state index in [1.165, 1.54) is 0 Å². The predicted molar refractivity (Wildman–Crippen MR) is 105 cm³/mol. The molecular formula is C20H22N6O. The molecule has 0 radical (unpaired) electrons. The normalized spacial score (nSPS) is 14.3. The van der Waals surface area contributed by atoms with E-state index in [9.17, 15) is 0 Å². The van der Waals surface area contributed by atoms with E-state index in [0.29, 0.717) is 6.61 Å². The molecular weight excluding hydrogens is 340 g/mol. The number of rotatable bonds is 5. The van der Waals surface area contributed by atoms with Crippen molar-refractivity contribution in [3.05, 3.63) is 54.9 Å². The Labute approximate surface area is 158 Å². The summed E-state index contributed by atoms with van der Waals surface area (Å²) in [6, 6.07) is 13.8. The second kappa shape index (κ2) is 7.99. The van der Waals surface area contributed by atoms with Gasteiger partial charge in [-0.25, -0.2) is 9.97 Å². The maximum atomic E-state index is 5.48. The predicted octanol–water partition coefficient (Wildman–Crippen LogP) is 2.66. The molecule has 138 valence electrons. The molecule has 27 heavy (non-hydrogen) atoms. The number of hydrogen-bond donors (Lipinski definition) is 0. The first-order valence-electron chi connectivity index (χ1n) is 9.17. The summed E-state index contributed by atoms with van der Waals surface area (Å²) >= 11 is 0. The van der Waals surface area contributed by atoms with Crippen LogP contribution in [0.5, 0.6) is 5.75 Å². The zero-order valence-corrected chi connectivity index (χ0v) is 15.3. The van der Waals surface area contributed by atoms with Crippen LogP contribution in [-0.4, -0.2) is 53.0 Å². The smallest absolute Gasteiger partial charge is 0.225 e. The topological polar surface area (TPSA) is 67.3 Å². The summed E-state index contributed by atoms with van der Waals surface area (Å²) in [4.78, 5) is 13.1. The molecule has 1 saturated heterocycles. The zero-order valence-electron chi connectivity index (χ0n) is 15.3. The fourth-order valence-electron chi connectivity index (χ4n) is 3.13. The highest BCUT2D eigenvalue weighted by molar-refractivity contribution is 5.60. The van der Waals surface area contributed by atoms with E-state index in [4.69, 9.17) is 4.74 Å². The molecule has 1 aromatic carbocycles. The molecule has 7 nitrogen and oxygen atoms in total. The van der Waals surface area contributed by atoms with E-state index in [1.807, 2.05) is 49.4 Å². The zero-order chi connectivity index (χ0) is 18.5. The van der Waals surface area contributed by atoms with Gasteiger partial charge in [0.15, 0.2) is 5.82 Å². The second-order valence-electron chi connectivity index (χ2n) is 6.26. The molecule has 3 aromatic rings. The van der Waals surface area contributed by atoms with Crippen LogP contribution in [0.4, 0.5) is 11.8 Å². The van der Waals surface area contributed by atoms with Crippen molar-refractivity contribution in [1.29, 1.82) is 0 Å². The van der Waals surface area contributed by atoms with Gasteiger partial charge in [0.05, 0.1) is 12.3 Å². The van der Waals surface area contributed by atoms with Crippen LogP contribution in [0, 0.1) is 0 Å². The van der Waals surface area contributed by atoms with Gasteiger partial charge in [-0.15, -0.1) is 10.2 Å². The first kappa shape index (κ1) is 17.2. The molecule has 0 spiro atoms. The molecule has 0 aliphatic carbocycles. The van der Waals surface area contributed by atoms with Crippen molar-refractivity contribution in [3.8, 4) is 17.0 Å². The molecule has 0 atom stereocenters. The molecule has 0 amide bonds. The number of aromatic nitrogens is 4. The van der Waals surface area contributed by atoms with Crippen molar-refractivity contribution in [2.45, 2.75) is 6.92 Å². The van der Waals surface area contributed by atoms with Gasteiger partial charge in [0.2, 0.25) is 5.95 Å². The molecule has 0 N–H and O–H groups in total. The van der Waals surface area contributed by atoms with Crippen LogP contribution in [0.25, 0.3) is 11.3 Å². The third-order valence-corrected chi connectivity index (χ3v) is 4.55. The van der Waals surface area contributed by atoms with Crippen LogP contribution in [0.2, 0.25) is 0 Å². The van der Waals surface area contributed by atoms with E-state index in [0.717, 1.165) is 55.0 Å². The van der Waals surface area contributed by atoms with Crippen LogP contribution in [0.1, 0.15) is 6.92 Å². The van der Waals surface area contributed by atoms with E-state index < -0.39 is 0 Å². The number of nitrogens with zero attached hydrogens (tertiary/aromatic N) is 6. The Balaban J connectivity index is 1.39. The SMILES string of the molecule is CCOc1ccc(-c2ccc(N3CCN(c4ncccn4)CC3)nn2)cc1. The Morgan fingerprint density at radius 3 is 2.19 bits per heavy atom. The van der Waals surface area contributed by atoms with Crippen LogP contribution < -0.4 is 14.5 Å². The van der Waals surface area contributed by atoms with Gasteiger partial charge >= 0.3 is 0 Å². The number of benzene rings is 1. The lowest BCUT2D eigenvalue weighted by Gasteiger charge is -2.35. The summed E-state index contributed by atoms with van der Waals surface area (Å²) in [5, 5.41) is 8.84. The molecule has 1 aliphatic rings. The van der Waals surface area contributed by atoms with Crippen molar-refractivity contribution in [3.63, 3.8) is 0 Å². The van der Waals surface area contributed by atoms with E-state index in [-0.39, 0.29) is 0 Å². The van der Waals surface area contributed by atoms with Gasteiger partial charge in [-0.05, 0) is 49.4 Å². The standard InChI is InChI=1S/C20H22N6O/c1-2-27-17-6-4-16(5-7-17)18-8-9-19(24-23-18)25-12-14-26(15-13-25)20-21-10-3-11-22-20/h3-11H,2,12-15H2,1H3. The van der Waals surface area contributed by atoms with Crippen LogP contribution in [0.15, 0.2) is 54.9 Å². The van der Waals surface area contributed by atoms with Crippen molar-refractivity contribution in [2.24, 2.45) is 0 Å². The maximum Gasteiger partial charge on any atom is 0.225 e. The first-order chi connectivity index (χ1) is 13.3. The third-order valence-electron chi connectivity index (χ3n) is 4.55. The molecule has 1 aliphatic heterocycles. The summed E-state index contributed by atoms with van der Waals surface area (Å²) < 4.78 is 5.48. The summed E-state index contributed by atoms with van der Waals surface area (Å²) in [5.74, 6) is 2.55. The van der Waals surface area contributed by atoms with Gasteiger partial charge in [-0.2, -0.15) is 0 Å². The Morgan fingerprint density at radius 1 is 0.852 bits per heavy atom. The minimum atomic E-state index is 0.664. The molecule has 1 fully saturated rings. The molecule has 0 unspecified atom stereocenters. The summed E-state index contributed by atoms with van der Waals surface area (Å²) in [6.07, 6.45) is 3.56. The Bertz CT molecular complexity index is 846. The monoisotopic (exact) mass is 362 g/mol. The molecule has 3 heterocycles. The lowest BCUT2D eigenvalue weighted by molar-refractivity contribution is 0.340. The molecule has 2 aromatic heterocycles. The van der Waals surface area contributed by atoms with Crippen LogP contribution in [-0.2, 0) is 0 Å². The van der Waals surface area contributed by atoms with Crippen molar-refractivity contribution < 1.29 is 4.74 Å². The number of ether oxygens (including phenoxy) is 1. The van der Waals surface area contributed by atoms with Crippen molar-refractivity contribution in [2.75, 3.05) is 42.6 Å². The van der Waals surface area contributed by atoms with Gasteiger partial charge in [-0.1, -0.05) is 0 Å². The highest BCUT2D eigenvalue weighted by Crippen LogP contribution is 2.22. The first-order valence-corrected chi connectivity index (χ1v) is 9.17. The van der Waals surface area contributed by atoms with E-state index in [2.05, 4.69) is 30.0 Å². The van der Waals surface area contributed by atoms with Gasteiger partial charge < -0.3 is 14.5 Å². The fourth-order valence-corrected chi connectivity index (χ4v) is 3.13. The van der Waals surface area contributed by atoms with E-state index in [1.54, 1.807) is 12.4 Å². The van der Waals surface area contributed by atoms with Crippen LogP contribution in [0.3, 0.4) is 0 Å². The molecule has 0 saturated carbocycles. The minimum absolute atomic E-state index is 0.664. The Hall–Kier alpha value is -3.22. The lowest BCUT2D eigenvalue weighted by atomic mass is 10.1. The summed E-state index contributed by atoms with van der Waals surface area (Å²) in [5.41, 5.74) is 1.89. The van der Waals surface area contributed by atoms with Gasteiger partial charge in [0, 0.05) is 44.1 Å². The summed E-state index contributed by atoms with van der Waals surface area (Å²) in [7, 11) is 0. The van der Waals surface area contributed by atoms with Gasteiger partial charge in [-0.3, -0.25) is 0 Å². The highest BCUT2D eigenvalue weighted by Gasteiger charge is 2.20. The number of anilines is 2.